The van der Waals surface area contributed by atoms with Gasteiger partial charge in [0.15, 0.2) is 0 Å². The van der Waals surface area contributed by atoms with E-state index in [9.17, 15) is 0 Å². The van der Waals surface area contributed by atoms with Crippen LogP contribution in [0.2, 0.25) is 0 Å². The summed E-state index contributed by atoms with van der Waals surface area (Å²) in [5.74, 6) is 2.36. The Morgan fingerprint density at radius 3 is 2.25 bits per heavy atom. The zero-order chi connectivity index (χ0) is 9.66. The molecule has 0 radical (unpaired) electrons. The molecule has 0 bridgehead atoms. The van der Waals surface area contributed by atoms with E-state index in [1.165, 1.54) is 0 Å². The predicted octanol–water partition coefficient (Wildman–Crippen LogP) is 0.638. The Bertz CT molecular complexity index is 99.2. The van der Waals surface area contributed by atoms with E-state index >= 15 is 0 Å². The van der Waals surface area contributed by atoms with Gasteiger partial charge in [0, 0.05) is 6.54 Å². The standard InChI is InChI=1S/C7H13NO2.C2H6/c1-2-4-9-6-7-10-5-3-8;1-2/h1H,3-8H2;1-2H3. The van der Waals surface area contributed by atoms with Gasteiger partial charge in [-0.2, -0.15) is 0 Å². The van der Waals surface area contributed by atoms with Gasteiger partial charge in [-0.3, -0.25) is 0 Å². The lowest BCUT2D eigenvalue weighted by Crippen LogP contribution is -2.11. The fourth-order valence-electron chi connectivity index (χ4n) is 0.434. The van der Waals surface area contributed by atoms with Crippen molar-refractivity contribution < 1.29 is 9.47 Å². The molecule has 3 heteroatoms. The highest BCUT2D eigenvalue weighted by atomic mass is 16.5. The van der Waals surface area contributed by atoms with Gasteiger partial charge in [-0.05, 0) is 0 Å². The minimum absolute atomic E-state index is 0.353. The van der Waals surface area contributed by atoms with Crippen molar-refractivity contribution in [2.45, 2.75) is 13.8 Å². The second-order valence-corrected chi connectivity index (χ2v) is 1.66. The van der Waals surface area contributed by atoms with E-state index in [1.807, 2.05) is 13.8 Å². The minimum Gasteiger partial charge on any atom is -0.378 e. The molecule has 0 aromatic rings. The molecule has 0 amide bonds. The first-order valence-electron chi connectivity index (χ1n) is 4.21. The summed E-state index contributed by atoms with van der Waals surface area (Å²) < 4.78 is 9.94. The van der Waals surface area contributed by atoms with Gasteiger partial charge in [0.2, 0.25) is 0 Å². The van der Waals surface area contributed by atoms with Gasteiger partial charge in [0.25, 0.3) is 0 Å². The van der Waals surface area contributed by atoms with Crippen molar-refractivity contribution in [3.63, 3.8) is 0 Å². The molecule has 0 rings (SSSR count). The lowest BCUT2D eigenvalue weighted by Gasteiger charge is -2.00. The van der Waals surface area contributed by atoms with Crippen LogP contribution in [0.5, 0.6) is 0 Å². The molecule has 0 aromatic carbocycles. The monoisotopic (exact) mass is 173 g/mol. The summed E-state index contributed by atoms with van der Waals surface area (Å²) >= 11 is 0. The predicted molar refractivity (Wildman–Crippen MR) is 50.9 cm³/mol. The Kier molecular flexibility index (Phi) is 19.6. The number of nitrogens with two attached hydrogens (primary N) is 1. The van der Waals surface area contributed by atoms with E-state index in [0.29, 0.717) is 33.0 Å². The summed E-state index contributed by atoms with van der Waals surface area (Å²) in [4.78, 5) is 0. The molecule has 0 aliphatic carbocycles. The van der Waals surface area contributed by atoms with E-state index in [-0.39, 0.29) is 0 Å². The summed E-state index contributed by atoms with van der Waals surface area (Å²) in [5.41, 5.74) is 5.17. The summed E-state index contributed by atoms with van der Waals surface area (Å²) in [6.07, 6.45) is 4.93. The average Bonchev–Trinajstić information content (AvgIpc) is 2.15. The summed E-state index contributed by atoms with van der Waals surface area (Å²) in [6, 6.07) is 0. The molecule has 0 spiro atoms. The van der Waals surface area contributed by atoms with Crippen LogP contribution in [0.25, 0.3) is 0 Å². The maximum atomic E-state index is 5.17. The zero-order valence-corrected chi connectivity index (χ0v) is 8.01. The van der Waals surface area contributed by atoms with Crippen molar-refractivity contribution in [1.82, 2.24) is 0 Å². The molecule has 72 valence electrons. The Morgan fingerprint density at radius 2 is 1.75 bits per heavy atom. The van der Waals surface area contributed by atoms with Crippen LogP contribution in [-0.4, -0.2) is 33.0 Å². The van der Waals surface area contributed by atoms with Crippen molar-refractivity contribution in [1.29, 1.82) is 0 Å². The molecule has 12 heavy (non-hydrogen) atoms. The van der Waals surface area contributed by atoms with Crippen molar-refractivity contribution in [2.75, 3.05) is 33.0 Å². The molecule has 2 N–H and O–H groups in total. The fraction of sp³-hybridized carbons (Fsp3) is 0.778. The first kappa shape index (κ1) is 14.0. The average molecular weight is 173 g/mol. The first-order chi connectivity index (χ1) is 5.91. The first-order valence-corrected chi connectivity index (χ1v) is 4.21. The highest BCUT2D eigenvalue weighted by molar-refractivity contribution is 4.82. The van der Waals surface area contributed by atoms with E-state index in [2.05, 4.69) is 5.92 Å². The molecular formula is C9H19NO2. The number of rotatable bonds is 6. The molecule has 0 heterocycles. The lowest BCUT2D eigenvalue weighted by atomic mass is 10.7. The van der Waals surface area contributed by atoms with Crippen molar-refractivity contribution >= 4 is 0 Å². The number of terminal acetylenes is 1. The highest BCUT2D eigenvalue weighted by Gasteiger charge is 1.84. The summed E-state index contributed by atoms with van der Waals surface area (Å²) in [7, 11) is 0. The van der Waals surface area contributed by atoms with Crippen LogP contribution in [0.4, 0.5) is 0 Å². The number of hydrogen-bond acceptors (Lipinski definition) is 3. The maximum Gasteiger partial charge on any atom is 0.107 e. The van der Waals surface area contributed by atoms with Gasteiger partial charge < -0.3 is 15.2 Å². The lowest BCUT2D eigenvalue weighted by molar-refractivity contribution is 0.0637. The van der Waals surface area contributed by atoms with Crippen LogP contribution in [0.15, 0.2) is 0 Å². The quantitative estimate of drug-likeness (QED) is 0.473. The highest BCUT2D eigenvalue weighted by Crippen LogP contribution is 1.75. The van der Waals surface area contributed by atoms with Gasteiger partial charge in [-0.15, -0.1) is 6.42 Å². The number of ether oxygens (including phenoxy) is 2. The normalized spacial score (nSPS) is 8.17. The molecule has 0 aliphatic rings. The van der Waals surface area contributed by atoms with E-state index < -0.39 is 0 Å². The Morgan fingerprint density at radius 1 is 1.17 bits per heavy atom. The molecule has 0 unspecified atom stereocenters. The van der Waals surface area contributed by atoms with Crippen molar-refractivity contribution in [3.8, 4) is 12.3 Å². The third-order valence-electron chi connectivity index (χ3n) is 0.820. The molecular weight excluding hydrogens is 154 g/mol. The van der Waals surface area contributed by atoms with Crippen molar-refractivity contribution in [3.05, 3.63) is 0 Å². The third kappa shape index (κ3) is 16.2. The Labute approximate surface area is 75.2 Å². The largest absolute Gasteiger partial charge is 0.378 e. The SMILES string of the molecule is C#CCOCCOCCN.CC. The van der Waals surface area contributed by atoms with Gasteiger partial charge in [0.05, 0.1) is 19.8 Å². The Hall–Kier alpha value is -0.560. The summed E-state index contributed by atoms with van der Waals surface area (Å²) in [5, 5.41) is 0. The van der Waals surface area contributed by atoms with Crippen LogP contribution in [0.1, 0.15) is 13.8 Å². The van der Waals surface area contributed by atoms with Crippen LogP contribution >= 0.6 is 0 Å². The van der Waals surface area contributed by atoms with Crippen LogP contribution in [-0.2, 0) is 9.47 Å². The zero-order valence-electron chi connectivity index (χ0n) is 8.01. The molecule has 0 atom stereocenters. The molecule has 0 aromatic heterocycles. The summed E-state index contributed by atoms with van der Waals surface area (Å²) in [6.45, 7) is 6.60. The van der Waals surface area contributed by atoms with Gasteiger partial charge in [0.1, 0.15) is 6.61 Å². The molecule has 0 fully saturated rings. The third-order valence-corrected chi connectivity index (χ3v) is 0.820. The molecule has 0 aliphatic heterocycles. The van der Waals surface area contributed by atoms with E-state index in [4.69, 9.17) is 21.6 Å². The van der Waals surface area contributed by atoms with Crippen LogP contribution in [0, 0.1) is 12.3 Å². The van der Waals surface area contributed by atoms with Gasteiger partial charge >= 0.3 is 0 Å². The second-order valence-electron chi connectivity index (χ2n) is 1.66. The molecule has 0 saturated carbocycles. The second kappa shape index (κ2) is 16.8. The topological polar surface area (TPSA) is 44.5 Å². The van der Waals surface area contributed by atoms with Crippen LogP contribution < -0.4 is 5.73 Å². The maximum absolute atomic E-state index is 5.17. The van der Waals surface area contributed by atoms with Gasteiger partial charge in [-0.25, -0.2) is 0 Å². The fourth-order valence-corrected chi connectivity index (χ4v) is 0.434. The number of hydrogen-bond donors (Lipinski definition) is 1. The Balaban J connectivity index is 0. The molecule has 0 saturated heterocycles. The van der Waals surface area contributed by atoms with Crippen LogP contribution in [0.3, 0.4) is 0 Å². The molecule has 3 nitrogen and oxygen atoms in total. The van der Waals surface area contributed by atoms with E-state index in [1.54, 1.807) is 0 Å². The van der Waals surface area contributed by atoms with E-state index in [0.717, 1.165) is 0 Å². The smallest absolute Gasteiger partial charge is 0.107 e. The van der Waals surface area contributed by atoms with Crippen molar-refractivity contribution in [2.24, 2.45) is 5.73 Å². The van der Waals surface area contributed by atoms with Gasteiger partial charge in [-0.1, -0.05) is 19.8 Å². The minimum atomic E-state index is 0.353.